The van der Waals surface area contributed by atoms with E-state index in [2.05, 4.69) is 97.1 Å². The number of rotatable bonds is 7. The van der Waals surface area contributed by atoms with Crippen LogP contribution in [0.1, 0.15) is 11.1 Å². The zero-order chi connectivity index (χ0) is 20.4. The summed E-state index contributed by atoms with van der Waals surface area (Å²) >= 11 is 3.47. The zero-order valence-electron chi connectivity index (χ0n) is 16.4. The minimum absolute atomic E-state index is 0.969. The Morgan fingerprint density at radius 2 is 0.867 bits per heavy atom. The number of hydrogen-bond acceptors (Lipinski definition) is 3. The van der Waals surface area contributed by atoms with E-state index in [1.807, 2.05) is 30.5 Å². The molecule has 0 heterocycles. The fraction of sp³-hybridized carbons (Fsp3) is 0. The number of nitrogens with zero attached hydrogens (tertiary/aromatic N) is 1. The highest BCUT2D eigenvalue weighted by atomic mass is 32.2. The lowest BCUT2D eigenvalue weighted by molar-refractivity contribution is 1.45. The van der Waals surface area contributed by atoms with E-state index in [-0.39, 0.29) is 0 Å². The summed E-state index contributed by atoms with van der Waals surface area (Å²) in [4.78, 5) is 7.36. The summed E-state index contributed by atoms with van der Waals surface area (Å²) in [5.74, 6) is 0. The second kappa shape index (κ2) is 10.7. The number of hydrogen-bond donors (Lipinski definition) is 0. The minimum Gasteiger partial charge on any atom is -0.254 e. The molecule has 3 heteroatoms. The fourth-order valence-electron chi connectivity index (χ4n) is 2.91. The van der Waals surface area contributed by atoms with E-state index in [0.717, 1.165) is 21.1 Å². The molecule has 0 N–H and O–H groups in total. The van der Waals surface area contributed by atoms with Crippen molar-refractivity contribution >= 4 is 29.2 Å². The maximum absolute atomic E-state index is 4.97. The molecule has 0 aromatic heterocycles. The highest BCUT2D eigenvalue weighted by Crippen LogP contribution is 2.39. The third-order valence-corrected chi connectivity index (χ3v) is 6.45. The van der Waals surface area contributed by atoms with Gasteiger partial charge in [-0.05, 0) is 24.3 Å². The van der Waals surface area contributed by atoms with Crippen LogP contribution in [0.3, 0.4) is 0 Å². The molecular weight excluding hydrogens is 402 g/mol. The number of benzene rings is 4. The zero-order valence-corrected chi connectivity index (χ0v) is 18.0. The van der Waals surface area contributed by atoms with Gasteiger partial charge >= 0.3 is 0 Å². The summed E-state index contributed by atoms with van der Waals surface area (Å²) in [6.45, 7) is 0. The van der Waals surface area contributed by atoms with Crippen LogP contribution in [0.15, 0.2) is 147 Å². The maximum Gasteiger partial charge on any atom is 0.0774 e. The van der Waals surface area contributed by atoms with Crippen LogP contribution >= 0.6 is 23.5 Å². The molecule has 1 nitrogen and oxygen atoms in total. The molecule has 30 heavy (non-hydrogen) atoms. The van der Waals surface area contributed by atoms with Crippen LogP contribution in [0.5, 0.6) is 0 Å². The molecular formula is C27H21NS2. The van der Waals surface area contributed by atoms with Crippen molar-refractivity contribution in [3.63, 3.8) is 0 Å². The Bertz CT molecular complexity index is 1020. The van der Waals surface area contributed by atoms with Gasteiger partial charge in [0.25, 0.3) is 0 Å². The molecule has 4 rings (SSSR count). The van der Waals surface area contributed by atoms with Crippen molar-refractivity contribution < 1.29 is 0 Å². The molecule has 4 aromatic rings. The van der Waals surface area contributed by atoms with E-state index in [1.165, 1.54) is 9.79 Å². The number of aliphatic imine (C=N–C) groups is 1. The Hall–Kier alpha value is -3.01. The van der Waals surface area contributed by atoms with Crippen LogP contribution in [0, 0.1) is 0 Å². The van der Waals surface area contributed by atoms with Crippen LogP contribution in [0.25, 0.3) is 0 Å². The Morgan fingerprint density at radius 1 is 0.500 bits per heavy atom. The molecule has 0 saturated heterocycles. The molecule has 0 saturated carbocycles. The predicted octanol–water partition coefficient (Wildman–Crippen LogP) is 7.91. The average molecular weight is 424 g/mol. The van der Waals surface area contributed by atoms with Gasteiger partial charge in [-0.1, -0.05) is 121 Å². The largest absolute Gasteiger partial charge is 0.254 e. The van der Waals surface area contributed by atoms with Crippen molar-refractivity contribution in [3.05, 3.63) is 143 Å². The Kier molecular flexibility index (Phi) is 7.21. The summed E-state index contributed by atoms with van der Waals surface area (Å²) < 4.78 is 1.12. The first-order valence-electron chi connectivity index (χ1n) is 9.73. The highest BCUT2D eigenvalue weighted by molar-refractivity contribution is 8.22. The lowest BCUT2D eigenvalue weighted by atomic mass is 10.0. The summed E-state index contributed by atoms with van der Waals surface area (Å²) in [5.41, 5.74) is 3.18. The van der Waals surface area contributed by atoms with Gasteiger partial charge in [0.15, 0.2) is 0 Å². The predicted molar refractivity (Wildman–Crippen MR) is 131 cm³/mol. The molecule has 0 amide bonds. The summed E-state index contributed by atoms with van der Waals surface area (Å²) in [5, 5.41) is 0. The molecule has 0 aliphatic carbocycles. The van der Waals surface area contributed by atoms with Gasteiger partial charge in [0, 0.05) is 27.1 Å². The maximum atomic E-state index is 4.97. The SMILES string of the molecule is C(N=C(c1ccccc1)c1ccccc1)=C(Sc1ccccc1)Sc1ccccc1. The molecule has 4 aromatic carbocycles. The van der Waals surface area contributed by atoms with Crippen molar-refractivity contribution in [2.24, 2.45) is 4.99 Å². The third-order valence-electron chi connectivity index (χ3n) is 4.32. The Balaban J connectivity index is 1.72. The number of thioether (sulfide) groups is 2. The van der Waals surface area contributed by atoms with E-state index in [9.17, 15) is 0 Å². The summed E-state index contributed by atoms with van der Waals surface area (Å²) in [6.07, 6.45) is 1.99. The smallest absolute Gasteiger partial charge is 0.0774 e. The second-order valence-corrected chi connectivity index (χ2v) is 8.98. The lowest BCUT2D eigenvalue weighted by Crippen LogP contribution is -2.02. The minimum atomic E-state index is 0.969. The Labute approximate surface area is 186 Å². The monoisotopic (exact) mass is 423 g/mol. The van der Waals surface area contributed by atoms with Crippen molar-refractivity contribution in [1.29, 1.82) is 0 Å². The molecule has 146 valence electrons. The van der Waals surface area contributed by atoms with Crippen LogP contribution in [0.4, 0.5) is 0 Å². The van der Waals surface area contributed by atoms with Crippen molar-refractivity contribution in [1.82, 2.24) is 0 Å². The second-order valence-electron chi connectivity index (χ2n) is 6.49. The van der Waals surface area contributed by atoms with E-state index in [1.54, 1.807) is 23.5 Å². The average Bonchev–Trinajstić information content (AvgIpc) is 2.82. The quantitative estimate of drug-likeness (QED) is 0.221. The molecule has 0 fully saturated rings. The third kappa shape index (κ3) is 5.76. The van der Waals surface area contributed by atoms with E-state index in [4.69, 9.17) is 4.99 Å². The van der Waals surface area contributed by atoms with Gasteiger partial charge in [-0.3, -0.25) is 4.99 Å². The van der Waals surface area contributed by atoms with Crippen molar-refractivity contribution in [3.8, 4) is 0 Å². The Morgan fingerprint density at radius 3 is 1.27 bits per heavy atom. The van der Waals surface area contributed by atoms with Gasteiger partial charge in [0.1, 0.15) is 0 Å². The normalized spacial score (nSPS) is 10.3. The molecule has 0 bridgehead atoms. The molecule has 0 aliphatic heterocycles. The van der Waals surface area contributed by atoms with E-state index >= 15 is 0 Å². The molecule has 0 unspecified atom stereocenters. The van der Waals surface area contributed by atoms with E-state index < -0.39 is 0 Å². The van der Waals surface area contributed by atoms with Gasteiger partial charge in [0.2, 0.25) is 0 Å². The van der Waals surface area contributed by atoms with Gasteiger partial charge in [-0.15, -0.1) is 0 Å². The summed E-state index contributed by atoms with van der Waals surface area (Å²) in [7, 11) is 0. The first-order chi connectivity index (χ1) is 14.9. The van der Waals surface area contributed by atoms with Crippen LogP contribution in [-0.4, -0.2) is 5.71 Å². The van der Waals surface area contributed by atoms with Gasteiger partial charge in [0.05, 0.1) is 9.95 Å². The standard InChI is InChI=1S/C27H21NS2/c1-5-13-22(14-6-1)27(23-15-7-2-8-16-23)28-21-26(29-24-17-9-3-10-18-24)30-25-19-11-4-12-20-25/h1-21H. The van der Waals surface area contributed by atoms with Crippen molar-refractivity contribution in [2.75, 3.05) is 0 Å². The van der Waals surface area contributed by atoms with Gasteiger partial charge in [-0.2, -0.15) is 0 Å². The topological polar surface area (TPSA) is 12.4 Å². The van der Waals surface area contributed by atoms with Gasteiger partial charge < -0.3 is 0 Å². The lowest BCUT2D eigenvalue weighted by Gasteiger charge is -2.09. The van der Waals surface area contributed by atoms with Crippen LogP contribution in [-0.2, 0) is 0 Å². The fourth-order valence-corrected chi connectivity index (χ4v) is 4.91. The summed E-state index contributed by atoms with van der Waals surface area (Å²) in [6, 6.07) is 41.5. The van der Waals surface area contributed by atoms with E-state index in [0.29, 0.717) is 0 Å². The van der Waals surface area contributed by atoms with Crippen LogP contribution < -0.4 is 0 Å². The highest BCUT2D eigenvalue weighted by Gasteiger charge is 2.08. The van der Waals surface area contributed by atoms with Crippen LogP contribution in [0.2, 0.25) is 0 Å². The van der Waals surface area contributed by atoms with Crippen molar-refractivity contribution in [2.45, 2.75) is 9.79 Å². The first-order valence-corrected chi connectivity index (χ1v) is 11.4. The molecule has 0 spiro atoms. The first kappa shape index (κ1) is 20.3. The molecule has 0 radical (unpaired) electrons. The molecule has 0 aliphatic rings. The van der Waals surface area contributed by atoms with Gasteiger partial charge in [-0.25, -0.2) is 0 Å². The molecule has 0 atom stereocenters.